The first-order chi connectivity index (χ1) is 12.5. The number of hydrogen-bond acceptors (Lipinski definition) is 4. The summed E-state index contributed by atoms with van der Waals surface area (Å²) in [6, 6.07) is 17.5. The van der Waals surface area contributed by atoms with E-state index in [2.05, 4.69) is 11.8 Å². The van der Waals surface area contributed by atoms with Crippen molar-refractivity contribution in [2.24, 2.45) is 5.92 Å². The van der Waals surface area contributed by atoms with Crippen molar-refractivity contribution in [1.29, 1.82) is 0 Å². The molecule has 26 heavy (non-hydrogen) atoms. The number of nitrogens with zero attached hydrogens (tertiary/aromatic N) is 1. The monoisotopic (exact) mass is 371 g/mol. The van der Waals surface area contributed by atoms with Crippen molar-refractivity contribution in [2.75, 3.05) is 19.6 Å². The van der Waals surface area contributed by atoms with Gasteiger partial charge in [-0.05, 0) is 25.1 Å². The molecule has 1 heterocycles. The number of Topliss-reactive ketones (excluding diaryl/α,β-unsaturated/α-hetero) is 1. The van der Waals surface area contributed by atoms with Crippen LogP contribution in [0.1, 0.15) is 30.1 Å². The Hall–Kier alpha value is -1.98. The minimum Gasteiger partial charge on any atom is -0.301 e. The molecule has 138 valence electrons. The molecule has 1 saturated heterocycles. The summed E-state index contributed by atoms with van der Waals surface area (Å²) in [5.74, 6) is -0.603. The van der Waals surface area contributed by atoms with E-state index in [1.807, 2.05) is 18.2 Å². The van der Waals surface area contributed by atoms with Crippen LogP contribution in [0.2, 0.25) is 0 Å². The van der Waals surface area contributed by atoms with Gasteiger partial charge in [-0.25, -0.2) is 8.42 Å². The molecule has 0 bridgehead atoms. The molecule has 3 rings (SSSR count). The second-order valence-electron chi connectivity index (χ2n) is 6.85. The molecule has 5 heteroatoms. The van der Waals surface area contributed by atoms with E-state index in [4.69, 9.17) is 0 Å². The summed E-state index contributed by atoms with van der Waals surface area (Å²) in [7, 11) is -3.56. The number of sulfone groups is 1. The number of carbonyl (C=O) groups is 1. The summed E-state index contributed by atoms with van der Waals surface area (Å²) >= 11 is 0. The van der Waals surface area contributed by atoms with Gasteiger partial charge in [0.05, 0.1) is 16.1 Å². The zero-order valence-corrected chi connectivity index (χ0v) is 15.9. The van der Waals surface area contributed by atoms with Crippen molar-refractivity contribution >= 4 is 15.6 Å². The molecule has 0 radical (unpaired) electrons. The molecular formula is C21H25NO3S. The van der Waals surface area contributed by atoms with Gasteiger partial charge in [0.25, 0.3) is 0 Å². The van der Waals surface area contributed by atoms with Gasteiger partial charge in [-0.3, -0.25) is 4.79 Å². The van der Waals surface area contributed by atoms with Gasteiger partial charge in [-0.1, -0.05) is 61.9 Å². The Labute approximate surface area is 155 Å². The lowest BCUT2D eigenvalue weighted by atomic mass is 9.96. The van der Waals surface area contributed by atoms with E-state index < -0.39 is 21.0 Å². The number of ketones is 1. The molecule has 1 aliphatic heterocycles. The Balaban J connectivity index is 1.93. The van der Waals surface area contributed by atoms with Crippen LogP contribution in [0.25, 0.3) is 0 Å². The Morgan fingerprint density at radius 2 is 1.62 bits per heavy atom. The maximum absolute atomic E-state index is 13.2. The van der Waals surface area contributed by atoms with E-state index in [9.17, 15) is 13.2 Å². The Bertz CT molecular complexity index is 834. The van der Waals surface area contributed by atoms with E-state index in [0.717, 1.165) is 19.4 Å². The van der Waals surface area contributed by atoms with Gasteiger partial charge in [-0.15, -0.1) is 0 Å². The van der Waals surface area contributed by atoms with Gasteiger partial charge in [-0.2, -0.15) is 0 Å². The summed E-state index contributed by atoms with van der Waals surface area (Å²) in [4.78, 5) is 15.5. The Morgan fingerprint density at radius 1 is 1.00 bits per heavy atom. The average Bonchev–Trinajstić information content (AvgIpc) is 3.12. The Morgan fingerprint density at radius 3 is 2.23 bits per heavy atom. The summed E-state index contributed by atoms with van der Waals surface area (Å²) in [6.45, 7) is 3.86. The van der Waals surface area contributed by atoms with E-state index in [0.29, 0.717) is 23.5 Å². The first kappa shape index (κ1) is 18.8. The number of carbonyl (C=O) groups excluding carboxylic acids is 1. The predicted octanol–water partition coefficient (Wildman–Crippen LogP) is 3.44. The average molecular weight is 372 g/mol. The fraction of sp³-hybridized carbons (Fsp3) is 0.381. The van der Waals surface area contributed by atoms with E-state index in [1.54, 1.807) is 42.5 Å². The highest BCUT2D eigenvalue weighted by atomic mass is 32.2. The second-order valence-corrected chi connectivity index (χ2v) is 9.01. The van der Waals surface area contributed by atoms with Crippen molar-refractivity contribution in [2.45, 2.75) is 29.9 Å². The molecule has 1 aliphatic rings. The minimum atomic E-state index is -3.56. The third kappa shape index (κ3) is 3.89. The summed E-state index contributed by atoms with van der Waals surface area (Å²) in [5.41, 5.74) is 0.586. The maximum Gasteiger partial charge on any atom is 0.183 e. The quantitative estimate of drug-likeness (QED) is 0.700. The van der Waals surface area contributed by atoms with Crippen LogP contribution in [0.15, 0.2) is 65.6 Å². The number of likely N-dealkylation sites (tertiary alicyclic amines) is 1. The predicted molar refractivity (Wildman–Crippen MR) is 103 cm³/mol. The summed E-state index contributed by atoms with van der Waals surface area (Å²) in [6.07, 6.45) is 2.05. The highest BCUT2D eigenvalue weighted by Gasteiger charge is 2.45. The van der Waals surface area contributed by atoms with Gasteiger partial charge < -0.3 is 4.90 Å². The molecule has 0 aromatic heterocycles. The van der Waals surface area contributed by atoms with Crippen molar-refractivity contribution in [3.63, 3.8) is 0 Å². The van der Waals surface area contributed by atoms with Crippen LogP contribution < -0.4 is 0 Å². The van der Waals surface area contributed by atoms with E-state index in [1.165, 1.54) is 0 Å². The molecule has 0 aliphatic carbocycles. The zero-order valence-electron chi connectivity index (χ0n) is 15.0. The van der Waals surface area contributed by atoms with Gasteiger partial charge >= 0.3 is 0 Å². The van der Waals surface area contributed by atoms with Gasteiger partial charge in [0.2, 0.25) is 0 Å². The molecule has 2 aromatic carbocycles. The van der Waals surface area contributed by atoms with Gasteiger partial charge in [0, 0.05) is 18.7 Å². The van der Waals surface area contributed by atoms with Crippen LogP contribution >= 0.6 is 0 Å². The van der Waals surface area contributed by atoms with Crippen LogP contribution in [0.4, 0.5) is 0 Å². The lowest BCUT2D eigenvalue weighted by Crippen LogP contribution is -2.34. The zero-order chi connectivity index (χ0) is 18.6. The van der Waals surface area contributed by atoms with Gasteiger partial charge in [0.1, 0.15) is 0 Å². The highest BCUT2D eigenvalue weighted by Crippen LogP contribution is 2.31. The van der Waals surface area contributed by atoms with Crippen LogP contribution in [0.5, 0.6) is 0 Å². The van der Waals surface area contributed by atoms with Crippen molar-refractivity contribution in [1.82, 2.24) is 4.90 Å². The third-order valence-electron chi connectivity index (χ3n) is 5.04. The van der Waals surface area contributed by atoms with Crippen LogP contribution in [-0.4, -0.2) is 44.0 Å². The fourth-order valence-electron chi connectivity index (χ4n) is 3.58. The molecular weight excluding hydrogens is 346 g/mol. The second kappa shape index (κ2) is 8.14. The smallest absolute Gasteiger partial charge is 0.183 e. The highest BCUT2D eigenvalue weighted by molar-refractivity contribution is 7.92. The molecule has 1 fully saturated rings. The molecule has 0 unspecified atom stereocenters. The lowest BCUT2D eigenvalue weighted by Gasteiger charge is -2.18. The summed E-state index contributed by atoms with van der Waals surface area (Å²) in [5, 5.41) is -0.700. The van der Waals surface area contributed by atoms with Crippen LogP contribution in [0, 0.1) is 5.92 Å². The molecule has 0 spiro atoms. The molecule has 2 atom stereocenters. The SMILES string of the molecule is CCCCN1C[C@@H](S(=O)(=O)c2ccccc2)[C@H](C(=O)c2ccccc2)C1. The van der Waals surface area contributed by atoms with Crippen LogP contribution in [0.3, 0.4) is 0 Å². The van der Waals surface area contributed by atoms with Gasteiger partial charge in [0.15, 0.2) is 15.6 Å². The molecule has 2 aromatic rings. The normalized spacial score (nSPS) is 21.0. The third-order valence-corrected chi connectivity index (χ3v) is 7.24. The van der Waals surface area contributed by atoms with Crippen molar-refractivity contribution in [3.05, 3.63) is 66.2 Å². The fourth-order valence-corrected chi connectivity index (χ4v) is 5.52. The minimum absolute atomic E-state index is 0.0749. The maximum atomic E-state index is 13.2. The lowest BCUT2D eigenvalue weighted by molar-refractivity contribution is 0.0923. The van der Waals surface area contributed by atoms with Crippen molar-refractivity contribution in [3.8, 4) is 0 Å². The number of hydrogen-bond donors (Lipinski definition) is 0. The van der Waals surface area contributed by atoms with Crippen LogP contribution in [-0.2, 0) is 9.84 Å². The molecule has 0 amide bonds. The molecule has 0 saturated carbocycles. The van der Waals surface area contributed by atoms with E-state index >= 15 is 0 Å². The van der Waals surface area contributed by atoms with E-state index in [-0.39, 0.29) is 5.78 Å². The largest absolute Gasteiger partial charge is 0.301 e. The number of benzene rings is 2. The standard InChI is InChI=1S/C21H25NO3S/c1-2-3-14-22-15-19(21(23)17-10-6-4-7-11-17)20(16-22)26(24,25)18-12-8-5-9-13-18/h4-13,19-20H,2-3,14-16H2,1H3/t19-,20-/m1/s1. The molecule has 4 nitrogen and oxygen atoms in total. The first-order valence-corrected chi connectivity index (χ1v) is 10.7. The number of rotatable bonds is 7. The first-order valence-electron chi connectivity index (χ1n) is 9.14. The molecule has 0 N–H and O–H groups in total. The van der Waals surface area contributed by atoms with Crippen molar-refractivity contribution < 1.29 is 13.2 Å². The Kier molecular flexibility index (Phi) is 5.89. The number of unbranched alkanes of at least 4 members (excludes halogenated alkanes) is 1. The summed E-state index contributed by atoms with van der Waals surface area (Å²) < 4.78 is 26.4. The topological polar surface area (TPSA) is 54.5 Å².